The molecular weight excluding hydrogens is 468 g/mol. The van der Waals surface area contributed by atoms with Gasteiger partial charge in [-0.1, -0.05) is 63.2 Å². The summed E-state index contributed by atoms with van der Waals surface area (Å²) < 4.78 is 30.7. The Morgan fingerprint density at radius 1 is 0.973 bits per heavy atom. The fourth-order valence-electron chi connectivity index (χ4n) is 6.25. The summed E-state index contributed by atoms with van der Waals surface area (Å²) in [4.78, 5) is 0. The van der Waals surface area contributed by atoms with E-state index in [-0.39, 0.29) is 35.6 Å². The minimum atomic E-state index is -0.843. The lowest BCUT2D eigenvalue weighted by molar-refractivity contribution is -0.332. The minimum Gasteiger partial charge on any atom is -0.497 e. The molecule has 0 amide bonds. The highest BCUT2D eigenvalue weighted by Gasteiger charge is 2.66. The minimum absolute atomic E-state index is 0.0133. The van der Waals surface area contributed by atoms with Crippen LogP contribution < -0.4 is 4.74 Å². The molecule has 0 bridgehead atoms. The second-order valence-corrected chi connectivity index (χ2v) is 11.5. The van der Waals surface area contributed by atoms with Crippen LogP contribution in [0.5, 0.6) is 5.75 Å². The Morgan fingerprint density at radius 2 is 1.70 bits per heavy atom. The summed E-state index contributed by atoms with van der Waals surface area (Å²) in [6.07, 6.45) is 2.53. The van der Waals surface area contributed by atoms with E-state index in [1.807, 2.05) is 30.3 Å². The molecule has 0 radical (unpaired) electrons. The average molecular weight is 511 g/mol. The van der Waals surface area contributed by atoms with Crippen molar-refractivity contribution in [1.82, 2.24) is 0 Å². The van der Waals surface area contributed by atoms with E-state index in [0.29, 0.717) is 26.1 Å². The average Bonchev–Trinajstić information content (AvgIpc) is 3.72. The van der Waals surface area contributed by atoms with Crippen LogP contribution in [0.25, 0.3) is 0 Å². The first-order valence-electron chi connectivity index (χ1n) is 13.7. The fraction of sp³-hybridized carbons (Fsp3) is 0.613. The molecule has 6 heteroatoms. The van der Waals surface area contributed by atoms with Crippen LogP contribution in [0.1, 0.15) is 51.2 Å². The summed E-state index contributed by atoms with van der Waals surface area (Å²) in [5.74, 6) is 0.288. The number of aryl methyl sites for hydroxylation is 1. The summed E-state index contributed by atoms with van der Waals surface area (Å²) in [6, 6.07) is 18.5. The Kier molecular flexibility index (Phi) is 7.94. The zero-order chi connectivity index (χ0) is 26.0. The van der Waals surface area contributed by atoms with Crippen LogP contribution in [0, 0.1) is 17.3 Å². The molecule has 3 fully saturated rings. The number of rotatable bonds is 10. The molecule has 6 nitrogen and oxygen atoms in total. The van der Waals surface area contributed by atoms with Crippen molar-refractivity contribution in [2.24, 2.45) is 17.3 Å². The van der Waals surface area contributed by atoms with Crippen LogP contribution in [-0.4, -0.2) is 55.6 Å². The van der Waals surface area contributed by atoms with Gasteiger partial charge in [-0.3, -0.25) is 0 Å². The number of aliphatic hydroxyl groups excluding tert-OH is 1. The van der Waals surface area contributed by atoms with Crippen LogP contribution >= 0.6 is 0 Å². The third-order valence-electron chi connectivity index (χ3n) is 8.93. The third-order valence-corrected chi connectivity index (χ3v) is 8.93. The zero-order valence-electron chi connectivity index (χ0n) is 22.6. The summed E-state index contributed by atoms with van der Waals surface area (Å²) in [5.41, 5.74) is 2.14. The predicted molar refractivity (Wildman–Crippen MR) is 141 cm³/mol. The van der Waals surface area contributed by atoms with Crippen LogP contribution in [0.2, 0.25) is 0 Å². The molecule has 3 aliphatic rings. The molecule has 3 heterocycles. The van der Waals surface area contributed by atoms with E-state index in [1.54, 1.807) is 7.11 Å². The van der Waals surface area contributed by atoms with Crippen LogP contribution in [-0.2, 0) is 32.0 Å². The number of benzene rings is 2. The molecule has 1 spiro atoms. The quantitative estimate of drug-likeness (QED) is 0.352. The van der Waals surface area contributed by atoms with Crippen molar-refractivity contribution < 1.29 is 28.8 Å². The van der Waals surface area contributed by atoms with E-state index in [2.05, 4.69) is 45.0 Å². The number of epoxide rings is 1. The molecule has 5 unspecified atom stereocenters. The van der Waals surface area contributed by atoms with E-state index < -0.39 is 11.9 Å². The molecule has 7 atom stereocenters. The highest BCUT2D eigenvalue weighted by molar-refractivity contribution is 5.27. The van der Waals surface area contributed by atoms with Gasteiger partial charge in [0.15, 0.2) is 5.79 Å². The Balaban J connectivity index is 1.27. The maximum atomic E-state index is 11.2. The summed E-state index contributed by atoms with van der Waals surface area (Å²) in [6.45, 7) is 8.45. The second-order valence-electron chi connectivity index (χ2n) is 11.5. The van der Waals surface area contributed by atoms with Crippen molar-refractivity contribution in [3.63, 3.8) is 0 Å². The van der Waals surface area contributed by atoms with Crippen molar-refractivity contribution in [1.29, 1.82) is 0 Å². The lowest BCUT2D eigenvalue weighted by Gasteiger charge is -2.50. The van der Waals surface area contributed by atoms with Gasteiger partial charge in [0.25, 0.3) is 0 Å². The first-order valence-corrected chi connectivity index (χ1v) is 13.7. The topological polar surface area (TPSA) is 69.7 Å². The van der Waals surface area contributed by atoms with Crippen molar-refractivity contribution in [3.05, 3.63) is 65.7 Å². The lowest BCUT2D eigenvalue weighted by atomic mass is 9.67. The van der Waals surface area contributed by atoms with Gasteiger partial charge in [0.1, 0.15) is 11.9 Å². The Hall–Kier alpha value is -1.96. The van der Waals surface area contributed by atoms with Gasteiger partial charge >= 0.3 is 0 Å². The maximum absolute atomic E-state index is 11.2. The summed E-state index contributed by atoms with van der Waals surface area (Å²) in [7, 11) is 1.69. The molecule has 1 N–H and O–H groups in total. The molecule has 0 saturated carbocycles. The maximum Gasteiger partial charge on any atom is 0.177 e. The van der Waals surface area contributed by atoms with Gasteiger partial charge in [0.05, 0.1) is 38.6 Å². The molecule has 2 aromatic rings. The van der Waals surface area contributed by atoms with Crippen molar-refractivity contribution in [2.45, 2.75) is 83.3 Å². The van der Waals surface area contributed by atoms with E-state index in [1.165, 1.54) is 5.56 Å². The second kappa shape index (κ2) is 11.0. The van der Waals surface area contributed by atoms with Crippen molar-refractivity contribution >= 4 is 0 Å². The van der Waals surface area contributed by atoms with E-state index in [4.69, 9.17) is 23.7 Å². The van der Waals surface area contributed by atoms with Gasteiger partial charge in [-0.05, 0) is 48.4 Å². The van der Waals surface area contributed by atoms with Gasteiger partial charge in [-0.15, -0.1) is 0 Å². The molecule has 3 aliphatic heterocycles. The fourth-order valence-corrected chi connectivity index (χ4v) is 6.25. The zero-order valence-corrected chi connectivity index (χ0v) is 22.6. The smallest absolute Gasteiger partial charge is 0.177 e. The van der Waals surface area contributed by atoms with Crippen LogP contribution in [0.3, 0.4) is 0 Å². The van der Waals surface area contributed by atoms with Gasteiger partial charge in [-0.2, -0.15) is 0 Å². The molecule has 0 aromatic heterocycles. The standard InChI is InChI=1S/C31H42O6/c1-21-26(32)18-31(36-27(21)16-17-34-19-23-8-6-5-7-9-23)30(2,3)25(29(37-31)28-20-35-28)15-12-22-10-13-24(33-4)14-11-22/h5-11,13-14,21,25-29,32H,12,15-20H2,1-4H3/t21?,25-,26?,27?,28+,29?,31?/m1/s1. The van der Waals surface area contributed by atoms with Gasteiger partial charge in [-0.25, -0.2) is 0 Å². The van der Waals surface area contributed by atoms with E-state index in [9.17, 15) is 5.11 Å². The van der Waals surface area contributed by atoms with Gasteiger partial charge in [0.2, 0.25) is 0 Å². The predicted octanol–water partition coefficient (Wildman–Crippen LogP) is 5.16. The molecule has 0 aliphatic carbocycles. The largest absolute Gasteiger partial charge is 0.497 e. The number of ether oxygens (including phenoxy) is 5. The first kappa shape index (κ1) is 26.6. The van der Waals surface area contributed by atoms with Gasteiger partial charge in [0, 0.05) is 24.4 Å². The molecule has 3 saturated heterocycles. The van der Waals surface area contributed by atoms with Crippen molar-refractivity contribution in [2.75, 3.05) is 20.3 Å². The highest BCUT2D eigenvalue weighted by Crippen LogP contribution is 2.59. The van der Waals surface area contributed by atoms with E-state index >= 15 is 0 Å². The third kappa shape index (κ3) is 5.59. The SMILES string of the molecule is COc1ccc(CC[C@@H]2C([C@@H]3CO3)OC3(CC(O)C(C)C(CCOCc4ccccc4)O3)C2(C)C)cc1. The molecule has 202 valence electrons. The molecule has 5 rings (SSSR count). The molecular formula is C31H42O6. The Bertz CT molecular complexity index is 1000. The number of hydrogen-bond donors (Lipinski definition) is 1. The highest BCUT2D eigenvalue weighted by atomic mass is 16.7. The Morgan fingerprint density at radius 3 is 2.38 bits per heavy atom. The van der Waals surface area contributed by atoms with Crippen molar-refractivity contribution in [3.8, 4) is 5.75 Å². The van der Waals surface area contributed by atoms with Crippen LogP contribution in [0.4, 0.5) is 0 Å². The van der Waals surface area contributed by atoms with Crippen LogP contribution in [0.15, 0.2) is 54.6 Å². The first-order chi connectivity index (χ1) is 17.8. The number of aliphatic hydroxyl groups is 1. The number of hydrogen-bond acceptors (Lipinski definition) is 6. The summed E-state index contributed by atoms with van der Waals surface area (Å²) in [5, 5.41) is 11.2. The van der Waals surface area contributed by atoms with E-state index in [0.717, 1.165) is 30.8 Å². The lowest BCUT2D eigenvalue weighted by Crippen LogP contribution is -2.57. The summed E-state index contributed by atoms with van der Waals surface area (Å²) >= 11 is 0. The monoisotopic (exact) mass is 510 g/mol. The molecule has 2 aromatic carbocycles. The van der Waals surface area contributed by atoms with Gasteiger partial charge < -0.3 is 28.8 Å². The Labute approximate surface area is 221 Å². The number of methoxy groups -OCH3 is 1. The normalized spacial score (nSPS) is 34.5. The molecule has 37 heavy (non-hydrogen) atoms.